The molecule has 0 atom stereocenters. The average Bonchev–Trinajstić information content (AvgIpc) is 2.64. The molecule has 8 heteroatoms. The van der Waals surface area contributed by atoms with Gasteiger partial charge in [-0.2, -0.15) is 0 Å². The van der Waals surface area contributed by atoms with E-state index >= 15 is 0 Å². The number of hydrogen-bond donors (Lipinski definition) is 2. The van der Waals surface area contributed by atoms with Gasteiger partial charge in [-0.15, -0.1) is 0 Å². The third-order valence-electron chi connectivity index (χ3n) is 3.16. The van der Waals surface area contributed by atoms with Crippen LogP contribution in [0.3, 0.4) is 0 Å². The minimum absolute atomic E-state index is 0.0570. The van der Waals surface area contributed by atoms with Crippen LogP contribution in [-0.2, 0) is 4.79 Å². The van der Waals surface area contributed by atoms with Crippen LogP contribution in [0.5, 0.6) is 17.2 Å². The summed E-state index contributed by atoms with van der Waals surface area (Å²) in [6.07, 6.45) is 0. The number of hydrazine groups is 1. The molecular formula is C17H17FN2O5. The molecule has 0 saturated carbocycles. The van der Waals surface area contributed by atoms with Crippen LogP contribution in [-0.4, -0.2) is 32.6 Å². The van der Waals surface area contributed by atoms with Gasteiger partial charge in [0, 0.05) is 0 Å². The van der Waals surface area contributed by atoms with Crippen LogP contribution < -0.4 is 25.1 Å². The second kappa shape index (κ2) is 8.53. The lowest BCUT2D eigenvalue weighted by Gasteiger charge is -2.13. The Morgan fingerprint density at radius 1 is 0.960 bits per heavy atom. The first-order chi connectivity index (χ1) is 12.1. The predicted molar refractivity (Wildman–Crippen MR) is 87.0 cm³/mol. The fourth-order valence-electron chi connectivity index (χ4n) is 2.00. The summed E-state index contributed by atoms with van der Waals surface area (Å²) in [5.41, 5.74) is 4.58. The van der Waals surface area contributed by atoms with E-state index in [1.54, 1.807) is 18.2 Å². The topological polar surface area (TPSA) is 85.9 Å². The number of carbonyl (C=O) groups is 2. The van der Waals surface area contributed by atoms with Crippen LogP contribution in [0.2, 0.25) is 0 Å². The van der Waals surface area contributed by atoms with E-state index in [0.29, 0.717) is 5.75 Å². The number of carbonyl (C=O) groups excluding carboxylic acids is 2. The lowest BCUT2D eigenvalue weighted by atomic mass is 10.2. The smallest absolute Gasteiger partial charge is 0.276 e. The number of amides is 2. The van der Waals surface area contributed by atoms with Gasteiger partial charge in [-0.25, -0.2) is 4.39 Å². The monoisotopic (exact) mass is 348 g/mol. The Labute approximate surface area is 143 Å². The molecule has 0 radical (unpaired) electrons. The molecule has 0 aliphatic carbocycles. The van der Waals surface area contributed by atoms with Gasteiger partial charge in [0.15, 0.2) is 29.7 Å². The number of benzene rings is 2. The Kier molecular flexibility index (Phi) is 6.16. The first kappa shape index (κ1) is 18.1. The number of hydrogen-bond acceptors (Lipinski definition) is 5. The maximum atomic E-state index is 13.4. The molecular weight excluding hydrogens is 331 g/mol. The summed E-state index contributed by atoms with van der Waals surface area (Å²) >= 11 is 0. The Balaban J connectivity index is 1.92. The van der Waals surface area contributed by atoms with Crippen molar-refractivity contribution >= 4 is 11.8 Å². The van der Waals surface area contributed by atoms with E-state index < -0.39 is 24.2 Å². The minimum Gasteiger partial charge on any atom is -0.493 e. The molecule has 0 spiro atoms. The van der Waals surface area contributed by atoms with Gasteiger partial charge in [-0.3, -0.25) is 20.4 Å². The van der Waals surface area contributed by atoms with Crippen LogP contribution in [0.1, 0.15) is 10.4 Å². The van der Waals surface area contributed by atoms with E-state index in [1.807, 2.05) is 0 Å². The summed E-state index contributed by atoms with van der Waals surface area (Å²) in [7, 11) is 2.84. The maximum Gasteiger partial charge on any atom is 0.276 e. The third kappa shape index (κ3) is 4.60. The zero-order valence-electron chi connectivity index (χ0n) is 13.7. The van der Waals surface area contributed by atoms with E-state index in [4.69, 9.17) is 14.2 Å². The normalized spacial score (nSPS) is 9.88. The Morgan fingerprint density at radius 3 is 2.36 bits per heavy atom. The molecule has 2 aromatic carbocycles. The first-order valence-corrected chi connectivity index (χ1v) is 7.24. The molecule has 0 heterocycles. The van der Waals surface area contributed by atoms with Crippen LogP contribution in [0.15, 0.2) is 42.5 Å². The number of nitrogens with one attached hydrogen (secondary N) is 2. The van der Waals surface area contributed by atoms with Crippen molar-refractivity contribution in [3.05, 3.63) is 53.8 Å². The Morgan fingerprint density at radius 2 is 1.68 bits per heavy atom. The van der Waals surface area contributed by atoms with Crippen molar-refractivity contribution in [2.24, 2.45) is 0 Å². The number of rotatable bonds is 6. The average molecular weight is 348 g/mol. The largest absolute Gasteiger partial charge is 0.493 e. The molecule has 0 saturated heterocycles. The fourth-order valence-corrected chi connectivity index (χ4v) is 2.00. The van der Waals surface area contributed by atoms with E-state index in [9.17, 15) is 14.0 Å². The molecule has 25 heavy (non-hydrogen) atoms. The van der Waals surface area contributed by atoms with Crippen molar-refractivity contribution < 1.29 is 28.2 Å². The van der Waals surface area contributed by atoms with Gasteiger partial charge < -0.3 is 14.2 Å². The summed E-state index contributed by atoms with van der Waals surface area (Å²) in [6.45, 7) is -0.462. The first-order valence-electron chi connectivity index (χ1n) is 7.24. The highest BCUT2D eigenvalue weighted by Gasteiger charge is 2.17. The highest BCUT2D eigenvalue weighted by molar-refractivity contribution is 5.98. The van der Waals surface area contributed by atoms with Gasteiger partial charge in [0.25, 0.3) is 11.8 Å². The SMILES string of the molecule is COc1cccc(C(=O)NNC(=O)COc2ccccc2F)c1OC. The lowest BCUT2D eigenvalue weighted by Crippen LogP contribution is -2.44. The van der Waals surface area contributed by atoms with Gasteiger partial charge in [0.2, 0.25) is 0 Å². The number of ether oxygens (including phenoxy) is 3. The molecule has 0 aliphatic rings. The molecule has 2 N–H and O–H groups in total. The molecule has 0 bridgehead atoms. The second-order valence-corrected chi connectivity index (χ2v) is 4.76. The summed E-state index contributed by atoms with van der Waals surface area (Å²) in [5, 5.41) is 0. The Bertz CT molecular complexity index is 766. The summed E-state index contributed by atoms with van der Waals surface area (Å²) in [5.74, 6) is -1.28. The highest BCUT2D eigenvalue weighted by Crippen LogP contribution is 2.30. The van der Waals surface area contributed by atoms with E-state index in [2.05, 4.69) is 10.9 Å². The van der Waals surface area contributed by atoms with Gasteiger partial charge in [0.1, 0.15) is 0 Å². The molecule has 0 unspecified atom stereocenters. The zero-order valence-corrected chi connectivity index (χ0v) is 13.7. The van der Waals surface area contributed by atoms with Gasteiger partial charge in [-0.05, 0) is 24.3 Å². The zero-order chi connectivity index (χ0) is 18.2. The molecule has 2 aromatic rings. The number of methoxy groups -OCH3 is 2. The van der Waals surface area contributed by atoms with Gasteiger partial charge >= 0.3 is 0 Å². The molecule has 2 amide bonds. The van der Waals surface area contributed by atoms with E-state index in [0.717, 1.165) is 0 Å². The minimum atomic E-state index is -0.654. The van der Waals surface area contributed by atoms with Crippen molar-refractivity contribution in [1.29, 1.82) is 0 Å². The highest BCUT2D eigenvalue weighted by atomic mass is 19.1. The fraction of sp³-hybridized carbons (Fsp3) is 0.176. The molecule has 0 fully saturated rings. The van der Waals surface area contributed by atoms with Crippen LogP contribution in [0, 0.1) is 5.82 Å². The second-order valence-electron chi connectivity index (χ2n) is 4.76. The summed E-state index contributed by atoms with van der Waals surface area (Å²) in [6, 6.07) is 10.4. The standard InChI is InChI=1S/C17H17FN2O5/c1-23-14-9-5-6-11(16(14)24-2)17(22)20-19-15(21)10-25-13-8-4-3-7-12(13)18/h3-9H,10H2,1-2H3,(H,19,21)(H,20,22). The number of para-hydroxylation sites is 2. The number of halogens is 1. The van der Waals surface area contributed by atoms with Crippen molar-refractivity contribution in [1.82, 2.24) is 10.9 Å². The van der Waals surface area contributed by atoms with Crippen molar-refractivity contribution in [2.75, 3.05) is 20.8 Å². The van der Waals surface area contributed by atoms with Crippen LogP contribution >= 0.6 is 0 Å². The van der Waals surface area contributed by atoms with E-state index in [-0.39, 0.29) is 17.1 Å². The molecule has 0 aliphatic heterocycles. The maximum absolute atomic E-state index is 13.4. The molecule has 7 nitrogen and oxygen atoms in total. The van der Waals surface area contributed by atoms with Crippen molar-refractivity contribution in [3.8, 4) is 17.2 Å². The molecule has 0 aromatic heterocycles. The van der Waals surface area contributed by atoms with Crippen molar-refractivity contribution in [3.63, 3.8) is 0 Å². The summed E-state index contributed by atoms with van der Waals surface area (Å²) in [4.78, 5) is 23.9. The van der Waals surface area contributed by atoms with Gasteiger partial charge in [-0.1, -0.05) is 18.2 Å². The van der Waals surface area contributed by atoms with Crippen LogP contribution in [0.4, 0.5) is 4.39 Å². The third-order valence-corrected chi connectivity index (χ3v) is 3.16. The molecule has 132 valence electrons. The predicted octanol–water partition coefficient (Wildman–Crippen LogP) is 1.68. The Hall–Kier alpha value is -3.29. The quantitative estimate of drug-likeness (QED) is 0.776. The summed E-state index contributed by atoms with van der Waals surface area (Å²) < 4.78 is 28.7. The van der Waals surface area contributed by atoms with Crippen LogP contribution in [0.25, 0.3) is 0 Å². The van der Waals surface area contributed by atoms with E-state index in [1.165, 1.54) is 38.5 Å². The van der Waals surface area contributed by atoms with Crippen molar-refractivity contribution in [2.45, 2.75) is 0 Å². The van der Waals surface area contributed by atoms with Gasteiger partial charge in [0.05, 0.1) is 19.8 Å². The lowest BCUT2D eigenvalue weighted by molar-refractivity contribution is -0.123. The molecule has 2 rings (SSSR count).